The summed E-state index contributed by atoms with van der Waals surface area (Å²) in [7, 11) is 0. The van der Waals surface area contributed by atoms with E-state index in [4.69, 9.17) is 4.74 Å². The first-order valence-electron chi connectivity index (χ1n) is 11.5. The molecule has 34 heavy (non-hydrogen) atoms. The lowest BCUT2D eigenvalue weighted by atomic mass is 9.84. The van der Waals surface area contributed by atoms with Crippen LogP contribution in [0.15, 0.2) is 140 Å². The van der Waals surface area contributed by atoms with Crippen LogP contribution in [0.2, 0.25) is 0 Å². The second-order valence-corrected chi connectivity index (χ2v) is 8.29. The Morgan fingerprint density at radius 1 is 0.471 bits per heavy atom. The maximum absolute atomic E-state index is 11.2. The average Bonchev–Trinajstić information content (AvgIpc) is 2.91. The highest BCUT2D eigenvalue weighted by molar-refractivity contribution is 5.51. The van der Waals surface area contributed by atoms with E-state index in [9.17, 15) is 5.11 Å². The van der Waals surface area contributed by atoms with Crippen LogP contribution in [0.5, 0.6) is 11.5 Å². The fourth-order valence-corrected chi connectivity index (χ4v) is 4.40. The third kappa shape index (κ3) is 4.72. The lowest BCUT2D eigenvalue weighted by molar-refractivity contribution is 0.246. The number of rotatable bonds is 7. The van der Waals surface area contributed by atoms with E-state index in [0.29, 0.717) is 5.75 Å². The van der Waals surface area contributed by atoms with Gasteiger partial charge in [-0.2, -0.15) is 0 Å². The third-order valence-corrected chi connectivity index (χ3v) is 6.04. The van der Waals surface area contributed by atoms with E-state index in [-0.39, 0.29) is 17.8 Å². The Morgan fingerprint density at radius 2 is 0.882 bits per heavy atom. The summed E-state index contributed by atoms with van der Waals surface area (Å²) in [5, 5.41) is 11.2. The van der Waals surface area contributed by atoms with Crippen molar-refractivity contribution in [1.29, 1.82) is 0 Å². The lowest BCUT2D eigenvalue weighted by Crippen LogP contribution is -2.10. The van der Waals surface area contributed by atoms with Gasteiger partial charge in [0.25, 0.3) is 0 Å². The minimum Gasteiger partial charge on any atom is -0.507 e. The molecule has 2 nitrogen and oxygen atoms in total. The summed E-state index contributed by atoms with van der Waals surface area (Å²) in [4.78, 5) is 0. The molecule has 0 amide bonds. The van der Waals surface area contributed by atoms with Crippen molar-refractivity contribution in [3.8, 4) is 11.5 Å². The molecule has 0 bridgehead atoms. The van der Waals surface area contributed by atoms with E-state index in [0.717, 1.165) is 27.8 Å². The number of benzene rings is 5. The van der Waals surface area contributed by atoms with Crippen molar-refractivity contribution >= 4 is 0 Å². The molecule has 0 aliphatic carbocycles. The molecule has 0 aliphatic heterocycles. The lowest BCUT2D eigenvalue weighted by Gasteiger charge is -2.23. The first kappa shape index (κ1) is 21.5. The predicted octanol–water partition coefficient (Wildman–Crippen LogP) is 7.74. The Morgan fingerprint density at radius 3 is 1.29 bits per heavy atom. The zero-order valence-corrected chi connectivity index (χ0v) is 18.8. The van der Waals surface area contributed by atoms with Gasteiger partial charge in [0.2, 0.25) is 0 Å². The zero-order chi connectivity index (χ0) is 23.2. The van der Waals surface area contributed by atoms with Gasteiger partial charge < -0.3 is 9.84 Å². The van der Waals surface area contributed by atoms with Crippen molar-refractivity contribution < 1.29 is 9.84 Å². The van der Waals surface area contributed by atoms with Crippen LogP contribution >= 0.6 is 0 Å². The Labute approximate surface area is 200 Å². The van der Waals surface area contributed by atoms with Crippen LogP contribution in [0.1, 0.15) is 39.8 Å². The maximum Gasteiger partial charge on any atom is 0.149 e. The SMILES string of the molecule is Oc1cc(OC(c2ccccc2)c2ccccc2)ccc1C(c1ccccc1)c1ccccc1. The van der Waals surface area contributed by atoms with Gasteiger partial charge in [-0.15, -0.1) is 0 Å². The molecule has 0 aromatic heterocycles. The van der Waals surface area contributed by atoms with Crippen molar-refractivity contribution in [2.75, 3.05) is 0 Å². The summed E-state index contributed by atoms with van der Waals surface area (Å²) in [6.45, 7) is 0. The van der Waals surface area contributed by atoms with Crippen molar-refractivity contribution in [1.82, 2.24) is 0 Å². The van der Waals surface area contributed by atoms with E-state index in [1.54, 1.807) is 6.07 Å². The number of aromatic hydroxyl groups is 1. The molecule has 0 unspecified atom stereocenters. The summed E-state index contributed by atoms with van der Waals surface area (Å²) < 4.78 is 6.45. The highest BCUT2D eigenvalue weighted by Gasteiger charge is 2.21. The Kier molecular flexibility index (Phi) is 6.40. The molecule has 0 fully saturated rings. The fourth-order valence-electron chi connectivity index (χ4n) is 4.40. The molecule has 0 aliphatic rings. The normalized spacial score (nSPS) is 11.0. The minimum atomic E-state index is -0.272. The van der Waals surface area contributed by atoms with Crippen LogP contribution in [0.25, 0.3) is 0 Å². The Hall–Kier alpha value is -4.30. The Bertz CT molecular complexity index is 1240. The molecule has 5 aromatic rings. The quantitative estimate of drug-likeness (QED) is 0.261. The monoisotopic (exact) mass is 442 g/mol. The van der Waals surface area contributed by atoms with E-state index in [1.165, 1.54) is 0 Å². The molecule has 0 radical (unpaired) electrons. The van der Waals surface area contributed by atoms with Crippen LogP contribution in [0.4, 0.5) is 0 Å². The molecule has 0 saturated heterocycles. The van der Waals surface area contributed by atoms with E-state index >= 15 is 0 Å². The van der Waals surface area contributed by atoms with E-state index in [2.05, 4.69) is 48.5 Å². The fraction of sp³-hybridized carbons (Fsp3) is 0.0625. The summed E-state index contributed by atoms with van der Waals surface area (Å²) in [6.07, 6.45) is -0.272. The van der Waals surface area contributed by atoms with Crippen molar-refractivity contribution in [3.05, 3.63) is 167 Å². The second-order valence-electron chi connectivity index (χ2n) is 8.29. The van der Waals surface area contributed by atoms with E-state index in [1.807, 2.05) is 84.9 Å². The van der Waals surface area contributed by atoms with Crippen LogP contribution in [-0.2, 0) is 0 Å². The molecule has 0 spiro atoms. The van der Waals surface area contributed by atoms with Gasteiger partial charge in [-0.25, -0.2) is 0 Å². The van der Waals surface area contributed by atoms with Crippen LogP contribution in [-0.4, -0.2) is 5.11 Å². The molecule has 166 valence electrons. The first-order chi connectivity index (χ1) is 16.8. The molecule has 0 heterocycles. The van der Waals surface area contributed by atoms with Gasteiger partial charge in [0.05, 0.1) is 0 Å². The molecular weight excluding hydrogens is 416 g/mol. The molecule has 0 atom stereocenters. The highest BCUT2D eigenvalue weighted by Crippen LogP contribution is 2.39. The number of hydrogen-bond acceptors (Lipinski definition) is 2. The van der Waals surface area contributed by atoms with Gasteiger partial charge >= 0.3 is 0 Å². The first-order valence-corrected chi connectivity index (χ1v) is 11.5. The summed E-state index contributed by atoms with van der Waals surface area (Å²) in [5.41, 5.74) is 5.22. The molecule has 2 heteroatoms. The molecule has 5 rings (SSSR count). The smallest absolute Gasteiger partial charge is 0.149 e. The highest BCUT2D eigenvalue weighted by atomic mass is 16.5. The van der Waals surface area contributed by atoms with E-state index < -0.39 is 0 Å². The van der Waals surface area contributed by atoms with Gasteiger partial charge in [-0.05, 0) is 28.3 Å². The molecule has 0 saturated carbocycles. The van der Waals surface area contributed by atoms with Crippen molar-refractivity contribution in [3.63, 3.8) is 0 Å². The second kappa shape index (κ2) is 10.1. The van der Waals surface area contributed by atoms with Gasteiger partial charge in [-0.1, -0.05) is 127 Å². The Balaban J connectivity index is 1.51. The predicted molar refractivity (Wildman–Crippen MR) is 137 cm³/mol. The van der Waals surface area contributed by atoms with Crippen molar-refractivity contribution in [2.45, 2.75) is 12.0 Å². The average molecular weight is 443 g/mol. The summed E-state index contributed by atoms with van der Waals surface area (Å²) >= 11 is 0. The molecule has 1 N–H and O–H groups in total. The van der Waals surface area contributed by atoms with Crippen LogP contribution in [0, 0.1) is 0 Å². The van der Waals surface area contributed by atoms with Gasteiger partial charge in [0.15, 0.2) is 0 Å². The summed E-state index contributed by atoms with van der Waals surface area (Å²) in [6, 6.07) is 46.5. The topological polar surface area (TPSA) is 29.5 Å². The van der Waals surface area contributed by atoms with Crippen LogP contribution in [0.3, 0.4) is 0 Å². The van der Waals surface area contributed by atoms with Gasteiger partial charge in [-0.3, -0.25) is 0 Å². The summed E-state index contributed by atoms with van der Waals surface area (Å²) in [5.74, 6) is 0.768. The number of phenolic OH excluding ortho intramolecular Hbond substituents is 1. The van der Waals surface area contributed by atoms with Gasteiger partial charge in [0, 0.05) is 17.5 Å². The number of phenols is 1. The number of ether oxygens (including phenoxy) is 1. The largest absolute Gasteiger partial charge is 0.507 e. The third-order valence-electron chi connectivity index (χ3n) is 6.04. The van der Waals surface area contributed by atoms with Crippen molar-refractivity contribution in [2.24, 2.45) is 0 Å². The number of hydrogen-bond donors (Lipinski definition) is 1. The maximum atomic E-state index is 11.2. The van der Waals surface area contributed by atoms with Crippen LogP contribution < -0.4 is 4.74 Å². The van der Waals surface area contributed by atoms with Gasteiger partial charge in [0.1, 0.15) is 17.6 Å². The molecule has 5 aromatic carbocycles. The molecular formula is C32H26O2. The zero-order valence-electron chi connectivity index (χ0n) is 18.8. The minimum absolute atomic E-state index is 0.0736. The standard InChI is InChI=1S/C32H26O2/c33-30-23-28(34-32(26-17-9-3-10-18-26)27-19-11-4-12-20-27)21-22-29(30)31(24-13-5-1-6-14-24)25-15-7-2-8-16-25/h1-23,31-33H.